The average Bonchev–Trinajstić information content (AvgIpc) is 3.32. The number of rotatable bonds is 10. The summed E-state index contributed by atoms with van der Waals surface area (Å²) in [6.45, 7) is 3.11. The molecule has 7 heteroatoms. The van der Waals surface area contributed by atoms with E-state index in [9.17, 15) is 9.59 Å². The predicted molar refractivity (Wildman–Crippen MR) is 123 cm³/mol. The molecule has 0 spiro atoms. The number of amides is 2. The standard InChI is InChI=1S/C24H30ClN3O3/c1-31-21-12-8-18(9-13-21)22(28-15-2-3-16-28)17-27-23(29)5-4-14-26-24(30)19-6-10-20(25)11-7-19/h6-13,22H,2-5,14-17H2,1H3,(H,26,30)(H,27,29). The molecule has 1 atom stereocenters. The molecule has 0 saturated carbocycles. The summed E-state index contributed by atoms with van der Waals surface area (Å²) >= 11 is 5.84. The van der Waals surface area contributed by atoms with Crippen LogP contribution in [0.3, 0.4) is 0 Å². The minimum absolute atomic E-state index is 0.00143. The van der Waals surface area contributed by atoms with Crippen LogP contribution in [-0.4, -0.2) is 50.0 Å². The Bertz CT molecular complexity index is 849. The summed E-state index contributed by atoms with van der Waals surface area (Å²) in [5, 5.41) is 6.50. The van der Waals surface area contributed by atoms with Crippen LogP contribution in [0.5, 0.6) is 5.75 Å². The Hall–Kier alpha value is -2.57. The summed E-state index contributed by atoms with van der Waals surface area (Å²) in [6, 6.07) is 15.0. The first-order chi connectivity index (χ1) is 15.1. The molecule has 1 heterocycles. The maximum atomic E-state index is 12.4. The highest BCUT2D eigenvalue weighted by molar-refractivity contribution is 6.30. The lowest BCUT2D eigenvalue weighted by molar-refractivity contribution is -0.121. The lowest BCUT2D eigenvalue weighted by Gasteiger charge is -2.28. The number of carbonyl (C=O) groups excluding carboxylic acids is 2. The van der Waals surface area contributed by atoms with Crippen LogP contribution in [0.15, 0.2) is 48.5 Å². The molecule has 6 nitrogen and oxygen atoms in total. The average molecular weight is 444 g/mol. The molecule has 1 aliphatic rings. The first-order valence-electron chi connectivity index (χ1n) is 10.8. The van der Waals surface area contributed by atoms with Crippen molar-refractivity contribution in [2.45, 2.75) is 31.7 Å². The van der Waals surface area contributed by atoms with Crippen LogP contribution < -0.4 is 15.4 Å². The maximum Gasteiger partial charge on any atom is 0.251 e. The first kappa shape index (κ1) is 23.1. The van der Waals surface area contributed by atoms with Crippen molar-refractivity contribution >= 4 is 23.4 Å². The summed E-state index contributed by atoms with van der Waals surface area (Å²) in [7, 11) is 1.66. The summed E-state index contributed by atoms with van der Waals surface area (Å²) < 4.78 is 5.26. The van der Waals surface area contributed by atoms with Gasteiger partial charge in [-0.3, -0.25) is 14.5 Å². The third-order valence-corrected chi connectivity index (χ3v) is 5.80. The third-order valence-electron chi connectivity index (χ3n) is 5.55. The lowest BCUT2D eigenvalue weighted by Crippen LogP contribution is -2.37. The van der Waals surface area contributed by atoms with Gasteiger partial charge in [-0.1, -0.05) is 23.7 Å². The number of benzene rings is 2. The molecule has 0 aliphatic carbocycles. The van der Waals surface area contributed by atoms with Gasteiger partial charge in [0.25, 0.3) is 5.91 Å². The van der Waals surface area contributed by atoms with Gasteiger partial charge in [0.1, 0.15) is 5.75 Å². The van der Waals surface area contributed by atoms with E-state index in [1.807, 2.05) is 12.1 Å². The van der Waals surface area contributed by atoms with Crippen LogP contribution in [0.1, 0.15) is 47.6 Å². The quantitative estimate of drug-likeness (QED) is 0.548. The molecule has 0 bridgehead atoms. The van der Waals surface area contributed by atoms with Gasteiger partial charge in [-0.2, -0.15) is 0 Å². The van der Waals surface area contributed by atoms with E-state index >= 15 is 0 Å². The van der Waals surface area contributed by atoms with Crippen LogP contribution in [0.4, 0.5) is 0 Å². The molecule has 2 N–H and O–H groups in total. The third kappa shape index (κ3) is 6.97. The highest BCUT2D eigenvalue weighted by Crippen LogP contribution is 2.26. The van der Waals surface area contributed by atoms with E-state index in [0.29, 0.717) is 36.5 Å². The normalized spacial score (nSPS) is 14.8. The fourth-order valence-electron chi connectivity index (χ4n) is 3.79. The molecule has 2 amide bonds. The number of ether oxygens (including phenoxy) is 1. The van der Waals surface area contributed by atoms with Gasteiger partial charge in [0.15, 0.2) is 0 Å². The molecule has 31 heavy (non-hydrogen) atoms. The Morgan fingerprint density at radius 3 is 2.35 bits per heavy atom. The smallest absolute Gasteiger partial charge is 0.251 e. The summed E-state index contributed by atoms with van der Waals surface area (Å²) in [4.78, 5) is 26.9. The van der Waals surface area contributed by atoms with Crippen molar-refractivity contribution in [1.29, 1.82) is 0 Å². The molecule has 2 aromatic rings. The molecule has 0 aromatic heterocycles. The number of hydrogen-bond donors (Lipinski definition) is 2. The monoisotopic (exact) mass is 443 g/mol. The first-order valence-corrected chi connectivity index (χ1v) is 11.1. The molecule has 2 aromatic carbocycles. The summed E-state index contributed by atoms with van der Waals surface area (Å²) in [5.74, 6) is 0.665. The van der Waals surface area contributed by atoms with Gasteiger partial charge in [-0.15, -0.1) is 0 Å². The second-order valence-electron chi connectivity index (χ2n) is 7.70. The van der Waals surface area contributed by atoms with E-state index in [1.165, 1.54) is 18.4 Å². The van der Waals surface area contributed by atoms with Crippen molar-refractivity contribution in [3.05, 3.63) is 64.7 Å². The van der Waals surface area contributed by atoms with Crippen LogP contribution in [-0.2, 0) is 4.79 Å². The zero-order chi connectivity index (χ0) is 22.1. The maximum absolute atomic E-state index is 12.4. The van der Waals surface area contributed by atoms with Gasteiger partial charge < -0.3 is 15.4 Å². The molecule has 0 radical (unpaired) electrons. The number of carbonyl (C=O) groups is 2. The molecular formula is C24H30ClN3O3. The second kappa shape index (κ2) is 11.7. The van der Waals surface area contributed by atoms with E-state index in [-0.39, 0.29) is 17.9 Å². The number of likely N-dealkylation sites (tertiary alicyclic amines) is 1. The zero-order valence-corrected chi connectivity index (χ0v) is 18.7. The summed E-state index contributed by atoms with van der Waals surface area (Å²) in [6.07, 6.45) is 3.33. The minimum atomic E-state index is -0.161. The van der Waals surface area contributed by atoms with Crippen molar-refractivity contribution < 1.29 is 14.3 Å². The predicted octanol–water partition coefficient (Wildman–Crippen LogP) is 3.81. The number of nitrogens with one attached hydrogen (secondary N) is 2. The second-order valence-corrected chi connectivity index (χ2v) is 8.14. The molecular weight excluding hydrogens is 414 g/mol. The van der Waals surface area contributed by atoms with Gasteiger partial charge >= 0.3 is 0 Å². The van der Waals surface area contributed by atoms with Crippen LogP contribution in [0.2, 0.25) is 5.02 Å². The van der Waals surface area contributed by atoms with Crippen molar-refractivity contribution in [2.24, 2.45) is 0 Å². The molecule has 1 unspecified atom stereocenters. The molecule has 1 aliphatic heterocycles. The Labute approximate surface area is 188 Å². The van der Waals surface area contributed by atoms with Crippen molar-refractivity contribution in [3.63, 3.8) is 0 Å². The van der Waals surface area contributed by atoms with E-state index < -0.39 is 0 Å². The number of halogens is 1. The fraction of sp³-hybridized carbons (Fsp3) is 0.417. The van der Waals surface area contributed by atoms with Crippen molar-refractivity contribution in [2.75, 3.05) is 33.3 Å². The lowest BCUT2D eigenvalue weighted by atomic mass is 10.1. The van der Waals surface area contributed by atoms with Crippen molar-refractivity contribution in [1.82, 2.24) is 15.5 Å². The van der Waals surface area contributed by atoms with Crippen LogP contribution >= 0.6 is 11.6 Å². The zero-order valence-electron chi connectivity index (χ0n) is 17.9. The molecule has 166 valence electrons. The Kier molecular flexibility index (Phi) is 8.74. The Morgan fingerprint density at radius 2 is 1.71 bits per heavy atom. The molecule has 1 fully saturated rings. The highest BCUT2D eigenvalue weighted by Gasteiger charge is 2.24. The largest absolute Gasteiger partial charge is 0.497 e. The summed E-state index contributed by atoms with van der Waals surface area (Å²) in [5.41, 5.74) is 1.74. The number of nitrogens with zero attached hydrogens (tertiary/aromatic N) is 1. The Balaban J connectivity index is 1.43. The van der Waals surface area contributed by atoms with Gasteiger partial charge in [0.05, 0.1) is 13.2 Å². The highest BCUT2D eigenvalue weighted by atomic mass is 35.5. The van der Waals surface area contributed by atoms with Gasteiger partial charge in [0, 0.05) is 30.1 Å². The Morgan fingerprint density at radius 1 is 1.03 bits per heavy atom. The number of hydrogen-bond acceptors (Lipinski definition) is 4. The van der Waals surface area contributed by atoms with Crippen molar-refractivity contribution in [3.8, 4) is 5.75 Å². The SMILES string of the molecule is COc1ccc(C(CNC(=O)CCCNC(=O)c2ccc(Cl)cc2)N2CCCC2)cc1. The number of methoxy groups -OCH3 is 1. The van der Waals surface area contributed by atoms with E-state index in [2.05, 4.69) is 27.7 Å². The van der Waals surface area contributed by atoms with Crippen LogP contribution in [0, 0.1) is 0 Å². The van der Waals surface area contributed by atoms with E-state index in [0.717, 1.165) is 18.8 Å². The van der Waals surface area contributed by atoms with E-state index in [1.54, 1.807) is 31.4 Å². The van der Waals surface area contributed by atoms with Gasteiger partial charge in [-0.25, -0.2) is 0 Å². The van der Waals surface area contributed by atoms with Gasteiger partial charge in [0.2, 0.25) is 5.91 Å². The van der Waals surface area contributed by atoms with E-state index in [4.69, 9.17) is 16.3 Å². The fourth-order valence-corrected chi connectivity index (χ4v) is 3.92. The molecule has 3 rings (SSSR count). The van der Waals surface area contributed by atoms with Gasteiger partial charge in [-0.05, 0) is 74.3 Å². The molecule has 1 saturated heterocycles. The topological polar surface area (TPSA) is 70.7 Å². The minimum Gasteiger partial charge on any atom is -0.497 e. The van der Waals surface area contributed by atoms with Crippen LogP contribution in [0.25, 0.3) is 0 Å².